The average molecular weight is 401 g/mol. The van der Waals surface area contributed by atoms with Gasteiger partial charge in [0, 0.05) is 23.5 Å². The molecule has 1 aliphatic heterocycles. The Kier molecular flexibility index (Phi) is 4.37. The zero-order valence-corrected chi connectivity index (χ0v) is 15.0. The first-order valence-electron chi connectivity index (χ1n) is 8.58. The van der Waals surface area contributed by atoms with Crippen LogP contribution >= 0.6 is 0 Å². The van der Waals surface area contributed by atoms with Gasteiger partial charge in [-0.3, -0.25) is 14.6 Å². The van der Waals surface area contributed by atoms with Gasteiger partial charge in [0.1, 0.15) is 22.8 Å². The molecule has 0 spiro atoms. The normalized spacial score (nSPS) is 15.1. The minimum atomic E-state index is -4.71. The summed E-state index contributed by atoms with van der Waals surface area (Å²) in [7, 11) is 0. The molecule has 1 atom stereocenters. The number of halogens is 3. The van der Waals surface area contributed by atoms with Crippen molar-refractivity contribution in [1.82, 2.24) is 15.3 Å². The highest BCUT2D eigenvalue weighted by Gasteiger charge is 2.34. The van der Waals surface area contributed by atoms with Crippen LogP contribution in [0.1, 0.15) is 38.8 Å². The largest absolute Gasteiger partial charge is 0.456 e. The van der Waals surface area contributed by atoms with E-state index in [1.54, 1.807) is 29.4 Å². The molecular formula is C20H14F3N3O3. The maximum absolute atomic E-state index is 12.8. The van der Waals surface area contributed by atoms with Gasteiger partial charge in [-0.15, -0.1) is 0 Å². The summed E-state index contributed by atoms with van der Waals surface area (Å²) in [4.78, 5) is 30.6. The van der Waals surface area contributed by atoms with Crippen LogP contribution in [0.4, 0.5) is 13.2 Å². The van der Waals surface area contributed by atoms with E-state index in [2.05, 4.69) is 10.3 Å². The average Bonchev–Trinajstić information content (AvgIpc) is 2.67. The molecule has 2 aromatic heterocycles. The van der Waals surface area contributed by atoms with Crippen LogP contribution in [0.15, 0.2) is 53.6 Å². The van der Waals surface area contributed by atoms with Gasteiger partial charge in [-0.05, 0) is 36.8 Å². The zero-order chi connectivity index (χ0) is 20.8. The first-order chi connectivity index (χ1) is 13.8. The summed E-state index contributed by atoms with van der Waals surface area (Å²) in [6, 6.07) is 7.88. The molecule has 0 bridgehead atoms. The van der Waals surface area contributed by atoms with Crippen LogP contribution in [0.3, 0.4) is 0 Å². The lowest BCUT2D eigenvalue weighted by Gasteiger charge is -2.29. The molecular weight excluding hydrogens is 387 g/mol. The molecule has 1 unspecified atom stereocenters. The fraction of sp³-hybridized carbons (Fsp3) is 0.150. The number of aryl methyl sites for hydroxylation is 1. The number of alkyl halides is 3. The van der Waals surface area contributed by atoms with Gasteiger partial charge in [0.05, 0.1) is 6.04 Å². The minimum absolute atomic E-state index is 0.426. The second-order valence-electron chi connectivity index (χ2n) is 6.52. The fourth-order valence-electron chi connectivity index (χ4n) is 3.27. The highest BCUT2D eigenvalue weighted by atomic mass is 19.4. The zero-order valence-electron chi connectivity index (χ0n) is 15.0. The van der Waals surface area contributed by atoms with Gasteiger partial charge >= 0.3 is 6.18 Å². The van der Waals surface area contributed by atoms with E-state index in [1.165, 1.54) is 6.20 Å². The van der Waals surface area contributed by atoms with E-state index >= 15 is 0 Å². The SMILES string of the molecule is Cc1cccc2c1C(NC(=O)c1ccc(C(F)(F)F)[nH]c1=O)c1cnccc1O2. The second-order valence-corrected chi connectivity index (χ2v) is 6.52. The molecule has 0 saturated carbocycles. The first kappa shape index (κ1) is 18.7. The maximum atomic E-state index is 12.8. The molecule has 0 radical (unpaired) electrons. The van der Waals surface area contributed by atoms with Crippen LogP contribution in [-0.2, 0) is 6.18 Å². The number of aromatic amines is 1. The Morgan fingerprint density at radius 1 is 1.17 bits per heavy atom. The Hall–Kier alpha value is -3.62. The van der Waals surface area contributed by atoms with Crippen LogP contribution in [0.2, 0.25) is 0 Å². The monoisotopic (exact) mass is 401 g/mol. The van der Waals surface area contributed by atoms with E-state index in [9.17, 15) is 22.8 Å². The third-order valence-corrected chi connectivity index (χ3v) is 4.65. The number of amides is 1. The van der Waals surface area contributed by atoms with Gasteiger partial charge in [-0.25, -0.2) is 0 Å². The molecule has 29 heavy (non-hydrogen) atoms. The van der Waals surface area contributed by atoms with Gasteiger partial charge in [-0.2, -0.15) is 13.2 Å². The number of hydrogen-bond donors (Lipinski definition) is 2. The minimum Gasteiger partial charge on any atom is -0.456 e. The van der Waals surface area contributed by atoms with Crippen LogP contribution < -0.4 is 15.6 Å². The highest BCUT2D eigenvalue weighted by molar-refractivity contribution is 5.94. The molecule has 0 aliphatic carbocycles. The van der Waals surface area contributed by atoms with Crippen molar-refractivity contribution in [2.75, 3.05) is 0 Å². The summed E-state index contributed by atoms with van der Waals surface area (Å²) in [5, 5.41) is 2.73. The van der Waals surface area contributed by atoms with Crippen molar-refractivity contribution < 1.29 is 22.7 Å². The second kappa shape index (κ2) is 6.77. The summed E-state index contributed by atoms with van der Waals surface area (Å²) in [5.74, 6) is 0.218. The molecule has 4 rings (SSSR count). The Morgan fingerprint density at radius 3 is 2.69 bits per heavy atom. The number of nitrogens with one attached hydrogen (secondary N) is 2. The van der Waals surface area contributed by atoms with Crippen molar-refractivity contribution in [3.63, 3.8) is 0 Å². The number of ether oxygens (including phenoxy) is 1. The number of H-pyrrole nitrogens is 1. The highest BCUT2D eigenvalue weighted by Crippen LogP contribution is 2.43. The van der Waals surface area contributed by atoms with Crippen molar-refractivity contribution in [1.29, 1.82) is 0 Å². The number of benzene rings is 1. The third-order valence-electron chi connectivity index (χ3n) is 4.65. The summed E-state index contributed by atoms with van der Waals surface area (Å²) in [6.45, 7) is 1.84. The Morgan fingerprint density at radius 2 is 1.97 bits per heavy atom. The van der Waals surface area contributed by atoms with Crippen molar-refractivity contribution in [2.45, 2.75) is 19.1 Å². The lowest BCUT2D eigenvalue weighted by Crippen LogP contribution is -2.35. The molecule has 1 aliphatic rings. The van der Waals surface area contributed by atoms with Gasteiger partial charge in [0.15, 0.2) is 0 Å². The van der Waals surface area contributed by atoms with E-state index < -0.39 is 34.9 Å². The molecule has 3 aromatic rings. The molecule has 1 aromatic carbocycles. The van der Waals surface area contributed by atoms with Gasteiger partial charge in [-0.1, -0.05) is 12.1 Å². The molecule has 9 heteroatoms. The number of aromatic nitrogens is 2. The number of hydrogen-bond acceptors (Lipinski definition) is 4. The van der Waals surface area contributed by atoms with Crippen LogP contribution in [0.25, 0.3) is 0 Å². The molecule has 6 nitrogen and oxygen atoms in total. The number of nitrogens with zero attached hydrogens (tertiary/aromatic N) is 1. The van der Waals surface area contributed by atoms with Crippen molar-refractivity contribution >= 4 is 5.91 Å². The predicted molar refractivity (Wildman–Crippen MR) is 96.9 cm³/mol. The smallest absolute Gasteiger partial charge is 0.431 e. The molecule has 0 fully saturated rings. The topological polar surface area (TPSA) is 84.1 Å². The van der Waals surface area contributed by atoms with Crippen molar-refractivity contribution in [3.8, 4) is 11.5 Å². The van der Waals surface area contributed by atoms with E-state index in [4.69, 9.17) is 4.74 Å². The number of rotatable bonds is 2. The quantitative estimate of drug-likeness (QED) is 0.686. The number of pyridine rings is 2. The fourth-order valence-corrected chi connectivity index (χ4v) is 3.27. The van der Waals surface area contributed by atoms with E-state index in [0.717, 1.165) is 11.6 Å². The summed E-state index contributed by atoms with van der Waals surface area (Å²) in [6.07, 6.45) is -1.64. The molecule has 1 amide bonds. The Bertz CT molecular complexity index is 1170. The van der Waals surface area contributed by atoms with E-state index in [1.807, 2.05) is 13.0 Å². The van der Waals surface area contributed by atoms with Crippen LogP contribution in [0.5, 0.6) is 11.5 Å². The first-order valence-corrected chi connectivity index (χ1v) is 8.58. The number of fused-ring (bicyclic) bond motifs is 2. The molecule has 3 heterocycles. The number of carbonyl (C=O) groups excluding carboxylic acids is 1. The standard InChI is InChI=1S/C20H14F3N3O3/c1-10-3-2-4-14-16(10)17(12-9-24-8-7-13(12)29-14)26-19(28)11-5-6-15(20(21,22)23)25-18(11)27/h2-9,17H,1H3,(H,25,27)(H,26,28). The lowest BCUT2D eigenvalue weighted by molar-refractivity contribution is -0.141. The van der Waals surface area contributed by atoms with Crippen LogP contribution in [0, 0.1) is 6.92 Å². The van der Waals surface area contributed by atoms with Crippen molar-refractivity contribution in [3.05, 3.63) is 87.1 Å². The Balaban J connectivity index is 1.74. The molecule has 2 N–H and O–H groups in total. The summed E-state index contributed by atoms with van der Waals surface area (Å²) < 4.78 is 44.1. The predicted octanol–water partition coefficient (Wildman–Crippen LogP) is 3.72. The molecule has 148 valence electrons. The van der Waals surface area contributed by atoms with E-state index in [-0.39, 0.29) is 0 Å². The van der Waals surface area contributed by atoms with Gasteiger partial charge < -0.3 is 15.0 Å². The summed E-state index contributed by atoms with van der Waals surface area (Å²) >= 11 is 0. The maximum Gasteiger partial charge on any atom is 0.431 e. The van der Waals surface area contributed by atoms with Gasteiger partial charge in [0.2, 0.25) is 0 Å². The lowest BCUT2D eigenvalue weighted by atomic mass is 9.92. The van der Waals surface area contributed by atoms with E-state index in [0.29, 0.717) is 28.7 Å². The van der Waals surface area contributed by atoms with Crippen molar-refractivity contribution in [2.24, 2.45) is 0 Å². The van der Waals surface area contributed by atoms with Gasteiger partial charge in [0.25, 0.3) is 11.5 Å². The Labute approximate surface area is 162 Å². The summed E-state index contributed by atoms with van der Waals surface area (Å²) in [5.41, 5.74) is -0.675. The third kappa shape index (κ3) is 3.35. The number of carbonyl (C=O) groups is 1. The molecule has 0 saturated heterocycles. The van der Waals surface area contributed by atoms with Crippen LogP contribution in [-0.4, -0.2) is 15.9 Å².